The van der Waals surface area contributed by atoms with Gasteiger partial charge in [0.05, 0.1) is 17.0 Å². The summed E-state index contributed by atoms with van der Waals surface area (Å²) < 4.78 is 25.7. The molecule has 5 nitrogen and oxygen atoms in total. The maximum absolute atomic E-state index is 12.6. The van der Waals surface area contributed by atoms with E-state index in [1.165, 1.54) is 0 Å². The van der Waals surface area contributed by atoms with Crippen LogP contribution in [0.1, 0.15) is 37.8 Å². The number of halogens is 1. The maximum Gasteiger partial charge on any atom is 0.243 e. The van der Waals surface area contributed by atoms with Crippen LogP contribution in [-0.2, 0) is 14.8 Å². The molecule has 24 heavy (non-hydrogen) atoms. The number of hydrogen-bond acceptors (Lipinski definition) is 3. The van der Waals surface area contributed by atoms with Gasteiger partial charge in [0.2, 0.25) is 15.9 Å². The highest BCUT2D eigenvalue weighted by Gasteiger charge is 2.26. The fraction of sp³-hybridized carbons (Fsp3) is 0.588. The molecule has 1 rings (SSSR count). The molecule has 0 aliphatic heterocycles. The lowest BCUT2D eigenvalue weighted by Crippen LogP contribution is -2.43. The lowest BCUT2D eigenvalue weighted by Gasteiger charge is -2.28. The van der Waals surface area contributed by atoms with Crippen molar-refractivity contribution in [3.8, 4) is 0 Å². The van der Waals surface area contributed by atoms with Crippen LogP contribution in [0.25, 0.3) is 0 Å². The smallest absolute Gasteiger partial charge is 0.243 e. The SMILES string of the molecule is CCCN(CCC)C(=O)CN(c1c(C)cc(C)cc1Cl)S(C)(=O)=O. The van der Waals surface area contributed by atoms with E-state index in [2.05, 4.69) is 0 Å². The molecular weight excluding hydrogens is 348 g/mol. The van der Waals surface area contributed by atoms with Crippen molar-refractivity contribution >= 4 is 33.2 Å². The Labute approximate surface area is 150 Å². The number of rotatable bonds is 8. The Hall–Kier alpha value is -1.27. The molecule has 0 radical (unpaired) electrons. The van der Waals surface area contributed by atoms with E-state index in [-0.39, 0.29) is 12.5 Å². The van der Waals surface area contributed by atoms with E-state index in [4.69, 9.17) is 11.6 Å². The molecule has 1 amide bonds. The minimum Gasteiger partial charge on any atom is -0.341 e. The largest absolute Gasteiger partial charge is 0.341 e. The molecular formula is C17H27ClN2O3S. The molecule has 0 spiro atoms. The van der Waals surface area contributed by atoms with Crippen molar-refractivity contribution in [2.75, 3.05) is 30.2 Å². The van der Waals surface area contributed by atoms with Crippen molar-refractivity contribution in [2.24, 2.45) is 0 Å². The first-order valence-corrected chi connectivity index (χ1v) is 10.4. The van der Waals surface area contributed by atoms with Crippen molar-refractivity contribution in [1.29, 1.82) is 0 Å². The van der Waals surface area contributed by atoms with E-state index < -0.39 is 10.0 Å². The highest BCUT2D eigenvalue weighted by atomic mass is 35.5. The molecule has 0 saturated carbocycles. The summed E-state index contributed by atoms with van der Waals surface area (Å²) in [6.07, 6.45) is 2.75. The van der Waals surface area contributed by atoms with Crippen molar-refractivity contribution in [1.82, 2.24) is 4.90 Å². The van der Waals surface area contributed by atoms with E-state index >= 15 is 0 Å². The normalized spacial score (nSPS) is 11.4. The molecule has 0 fully saturated rings. The predicted octanol–water partition coefficient (Wildman–Crippen LogP) is 3.37. The van der Waals surface area contributed by atoms with Crippen LogP contribution >= 0.6 is 11.6 Å². The van der Waals surface area contributed by atoms with Crippen molar-refractivity contribution < 1.29 is 13.2 Å². The summed E-state index contributed by atoms with van der Waals surface area (Å²) >= 11 is 6.29. The Balaban J connectivity index is 3.24. The third-order valence-corrected chi connectivity index (χ3v) is 5.07. The zero-order valence-corrected chi connectivity index (χ0v) is 16.7. The third-order valence-electron chi connectivity index (χ3n) is 3.67. The van der Waals surface area contributed by atoms with Gasteiger partial charge in [-0.3, -0.25) is 9.10 Å². The van der Waals surface area contributed by atoms with Gasteiger partial charge >= 0.3 is 0 Å². The Bertz CT molecular complexity index is 660. The van der Waals surface area contributed by atoms with Crippen LogP contribution in [-0.4, -0.2) is 45.1 Å². The van der Waals surface area contributed by atoms with Crippen molar-refractivity contribution in [3.05, 3.63) is 28.3 Å². The van der Waals surface area contributed by atoms with Gasteiger partial charge in [0.15, 0.2) is 0 Å². The van der Waals surface area contributed by atoms with Crippen LogP contribution in [0.15, 0.2) is 12.1 Å². The zero-order chi connectivity index (χ0) is 18.5. The molecule has 7 heteroatoms. The average Bonchev–Trinajstić information content (AvgIpc) is 2.43. The quantitative estimate of drug-likeness (QED) is 0.700. The first-order chi connectivity index (χ1) is 11.1. The molecule has 136 valence electrons. The summed E-state index contributed by atoms with van der Waals surface area (Å²) in [6, 6.07) is 3.57. The predicted molar refractivity (Wildman–Crippen MR) is 100 cm³/mol. The van der Waals surface area contributed by atoms with E-state index in [0.717, 1.165) is 34.5 Å². The number of carbonyl (C=O) groups is 1. The molecule has 0 aliphatic carbocycles. The standard InChI is InChI=1S/C17H27ClN2O3S/c1-6-8-19(9-7-2)16(21)12-20(24(5,22)23)17-14(4)10-13(3)11-15(17)18/h10-11H,6-9,12H2,1-5H3. The summed E-state index contributed by atoms with van der Waals surface area (Å²) in [4.78, 5) is 14.3. The summed E-state index contributed by atoms with van der Waals surface area (Å²) in [6.45, 7) is 8.67. The lowest BCUT2D eigenvalue weighted by molar-refractivity contribution is -0.129. The minimum atomic E-state index is -3.63. The number of sulfonamides is 1. The van der Waals surface area contributed by atoms with Gasteiger partial charge < -0.3 is 4.90 Å². The van der Waals surface area contributed by atoms with Crippen LogP contribution < -0.4 is 4.31 Å². The maximum atomic E-state index is 12.6. The monoisotopic (exact) mass is 374 g/mol. The fourth-order valence-electron chi connectivity index (χ4n) is 2.71. The fourth-order valence-corrected chi connectivity index (χ4v) is 4.10. The highest BCUT2D eigenvalue weighted by Crippen LogP contribution is 2.32. The second-order valence-electron chi connectivity index (χ2n) is 6.06. The van der Waals surface area contributed by atoms with E-state index in [0.29, 0.717) is 23.8 Å². The van der Waals surface area contributed by atoms with Gasteiger partial charge in [-0.05, 0) is 43.9 Å². The molecule has 0 atom stereocenters. The van der Waals surface area contributed by atoms with Gasteiger partial charge in [-0.25, -0.2) is 8.42 Å². The van der Waals surface area contributed by atoms with E-state index in [1.807, 2.05) is 26.8 Å². The van der Waals surface area contributed by atoms with Crippen LogP contribution in [0.2, 0.25) is 5.02 Å². The Kier molecular flexibility index (Phi) is 7.55. The minimum absolute atomic E-state index is 0.208. The van der Waals surface area contributed by atoms with Gasteiger partial charge in [0, 0.05) is 13.1 Å². The number of benzene rings is 1. The molecule has 0 saturated heterocycles. The molecule has 0 N–H and O–H groups in total. The molecule has 1 aromatic rings. The molecule has 0 unspecified atom stereocenters. The molecule has 0 bridgehead atoms. The molecule has 0 aliphatic rings. The zero-order valence-electron chi connectivity index (χ0n) is 15.1. The average molecular weight is 375 g/mol. The van der Waals surface area contributed by atoms with Crippen molar-refractivity contribution in [3.63, 3.8) is 0 Å². The summed E-state index contributed by atoms with van der Waals surface area (Å²) in [5.41, 5.74) is 2.06. The van der Waals surface area contributed by atoms with Gasteiger partial charge in [-0.2, -0.15) is 0 Å². The van der Waals surface area contributed by atoms with Crippen LogP contribution in [0.4, 0.5) is 5.69 Å². The van der Waals surface area contributed by atoms with E-state index in [9.17, 15) is 13.2 Å². The van der Waals surface area contributed by atoms with Gasteiger partial charge in [0.25, 0.3) is 0 Å². The number of anilines is 1. The third kappa shape index (κ3) is 5.38. The van der Waals surface area contributed by atoms with Gasteiger partial charge in [-0.1, -0.05) is 31.5 Å². The lowest BCUT2D eigenvalue weighted by atomic mass is 10.1. The second-order valence-corrected chi connectivity index (χ2v) is 8.38. The number of hydrogen-bond donors (Lipinski definition) is 0. The van der Waals surface area contributed by atoms with Crippen LogP contribution in [0.3, 0.4) is 0 Å². The number of carbonyl (C=O) groups excluding carboxylic acids is 1. The van der Waals surface area contributed by atoms with Gasteiger partial charge in [0.1, 0.15) is 6.54 Å². The van der Waals surface area contributed by atoms with E-state index in [1.54, 1.807) is 17.9 Å². The Morgan fingerprint density at radius 1 is 1.12 bits per heavy atom. The number of aryl methyl sites for hydroxylation is 2. The molecule has 0 aromatic heterocycles. The van der Waals surface area contributed by atoms with Crippen LogP contribution in [0.5, 0.6) is 0 Å². The molecule has 0 heterocycles. The first-order valence-electron chi connectivity index (χ1n) is 8.14. The number of nitrogens with zero attached hydrogens (tertiary/aromatic N) is 2. The van der Waals surface area contributed by atoms with Gasteiger partial charge in [-0.15, -0.1) is 0 Å². The summed E-state index contributed by atoms with van der Waals surface area (Å²) in [5, 5.41) is 0.336. The second kappa shape index (κ2) is 8.72. The number of amides is 1. The summed E-state index contributed by atoms with van der Waals surface area (Å²) in [7, 11) is -3.63. The van der Waals surface area contributed by atoms with Crippen molar-refractivity contribution in [2.45, 2.75) is 40.5 Å². The highest BCUT2D eigenvalue weighted by molar-refractivity contribution is 7.92. The Morgan fingerprint density at radius 3 is 2.08 bits per heavy atom. The first kappa shape index (κ1) is 20.8. The van der Waals surface area contributed by atoms with Crippen LogP contribution in [0, 0.1) is 13.8 Å². The Morgan fingerprint density at radius 2 is 1.67 bits per heavy atom. The summed E-state index contributed by atoms with van der Waals surface area (Å²) in [5.74, 6) is -0.208. The topological polar surface area (TPSA) is 57.7 Å². The molecule has 1 aromatic carbocycles.